The van der Waals surface area contributed by atoms with Crippen LogP contribution in [0.5, 0.6) is 0 Å². The van der Waals surface area contributed by atoms with Gasteiger partial charge in [-0.2, -0.15) is 13.2 Å². The molecule has 2 saturated heterocycles. The standard InChI is InChI=1S/C23H31F3N6/c1-31-14-18(6-10-28-16-23(24,25)26)20(17-2-4-19(27)5-3-17)30-21(31)32-12-8-22(9-13-32)7-11-29-15-22/h2-6,10,14,21,28-29H,7-9,11-13,15-16,27H2,1H3/b10-6+. The van der Waals surface area contributed by atoms with E-state index in [0.29, 0.717) is 11.1 Å². The zero-order valence-electron chi connectivity index (χ0n) is 18.3. The number of halogens is 3. The highest BCUT2D eigenvalue weighted by atomic mass is 19.4. The van der Waals surface area contributed by atoms with Crippen LogP contribution in [-0.2, 0) is 0 Å². The van der Waals surface area contributed by atoms with Gasteiger partial charge in [0.1, 0.15) is 6.54 Å². The van der Waals surface area contributed by atoms with Crippen LogP contribution in [0.1, 0.15) is 24.8 Å². The Balaban J connectivity index is 1.54. The van der Waals surface area contributed by atoms with Gasteiger partial charge < -0.3 is 21.3 Å². The van der Waals surface area contributed by atoms with Crippen LogP contribution in [0.2, 0.25) is 0 Å². The molecular formula is C23H31F3N6. The Morgan fingerprint density at radius 3 is 2.56 bits per heavy atom. The van der Waals surface area contributed by atoms with Gasteiger partial charge in [-0.15, -0.1) is 0 Å². The van der Waals surface area contributed by atoms with Crippen LogP contribution in [-0.4, -0.2) is 67.7 Å². The van der Waals surface area contributed by atoms with E-state index in [1.807, 2.05) is 42.4 Å². The molecule has 3 aliphatic heterocycles. The molecule has 6 nitrogen and oxygen atoms in total. The van der Waals surface area contributed by atoms with E-state index < -0.39 is 12.7 Å². The average molecular weight is 449 g/mol. The molecule has 1 unspecified atom stereocenters. The Morgan fingerprint density at radius 2 is 1.94 bits per heavy atom. The molecule has 0 aromatic heterocycles. The predicted octanol–water partition coefficient (Wildman–Crippen LogP) is 2.91. The molecule has 174 valence electrons. The smallest absolute Gasteiger partial charge is 0.399 e. The molecule has 0 bridgehead atoms. The normalized spacial score (nSPS) is 24.1. The fourth-order valence-electron chi connectivity index (χ4n) is 4.75. The summed E-state index contributed by atoms with van der Waals surface area (Å²) in [5.74, 6) is 0. The molecule has 4 N–H and O–H groups in total. The number of likely N-dealkylation sites (tertiary alicyclic amines) is 1. The highest BCUT2D eigenvalue weighted by Crippen LogP contribution is 2.38. The topological polar surface area (TPSA) is 68.9 Å². The maximum atomic E-state index is 12.5. The van der Waals surface area contributed by atoms with Crippen molar-refractivity contribution in [3.8, 4) is 0 Å². The first-order valence-electron chi connectivity index (χ1n) is 11.0. The maximum absolute atomic E-state index is 12.5. The summed E-state index contributed by atoms with van der Waals surface area (Å²) >= 11 is 0. The third kappa shape index (κ3) is 5.27. The van der Waals surface area contributed by atoms with Crippen molar-refractivity contribution in [3.05, 3.63) is 53.9 Å². The molecule has 0 radical (unpaired) electrons. The summed E-state index contributed by atoms with van der Waals surface area (Å²) in [6, 6.07) is 7.42. The number of nitrogens with zero attached hydrogens (tertiary/aromatic N) is 3. The van der Waals surface area contributed by atoms with E-state index in [2.05, 4.69) is 15.5 Å². The lowest BCUT2D eigenvalue weighted by Crippen LogP contribution is -2.51. The molecule has 1 aromatic carbocycles. The van der Waals surface area contributed by atoms with Crippen LogP contribution < -0.4 is 16.4 Å². The minimum absolute atomic E-state index is 0.144. The highest BCUT2D eigenvalue weighted by molar-refractivity contribution is 6.14. The summed E-state index contributed by atoms with van der Waals surface area (Å²) in [6.07, 6.45) is 4.05. The van der Waals surface area contributed by atoms with E-state index in [1.54, 1.807) is 6.08 Å². The van der Waals surface area contributed by atoms with Gasteiger partial charge in [0.05, 0.1) is 5.71 Å². The Hall–Kier alpha value is -2.52. The largest absolute Gasteiger partial charge is 0.405 e. The molecule has 0 saturated carbocycles. The number of nitrogens with two attached hydrogens (primary N) is 1. The second-order valence-electron chi connectivity index (χ2n) is 8.99. The molecule has 9 heteroatoms. The lowest BCUT2D eigenvalue weighted by Gasteiger charge is -2.44. The minimum Gasteiger partial charge on any atom is -0.399 e. The number of nitrogen functional groups attached to an aromatic ring is 1. The van der Waals surface area contributed by atoms with Gasteiger partial charge in [0.15, 0.2) is 6.29 Å². The van der Waals surface area contributed by atoms with Gasteiger partial charge in [-0.3, -0.25) is 4.90 Å². The van der Waals surface area contributed by atoms with Crippen molar-refractivity contribution in [3.63, 3.8) is 0 Å². The van der Waals surface area contributed by atoms with Crippen molar-refractivity contribution >= 4 is 11.4 Å². The van der Waals surface area contributed by atoms with Crippen LogP contribution in [0.3, 0.4) is 0 Å². The summed E-state index contributed by atoms with van der Waals surface area (Å²) in [4.78, 5) is 9.48. The molecule has 3 aliphatic rings. The Kier molecular flexibility index (Phi) is 6.48. The van der Waals surface area contributed by atoms with Gasteiger partial charge in [0.2, 0.25) is 0 Å². The monoisotopic (exact) mass is 448 g/mol. The fourth-order valence-corrected chi connectivity index (χ4v) is 4.75. The molecule has 4 rings (SSSR count). The van der Waals surface area contributed by atoms with Gasteiger partial charge >= 0.3 is 6.18 Å². The number of benzene rings is 1. The molecular weight excluding hydrogens is 417 g/mol. The third-order valence-corrected chi connectivity index (χ3v) is 6.61. The summed E-state index contributed by atoms with van der Waals surface area (Å²) in [5, 5.41) is 5.81. The Bertz CT molecular complexity index is 874. The first-order chi connectivity index (χ1) is 15.2. The van der Waals surface area contributed by atoms with Crippen LogP contribution >= 0.6 is 0 Å². The fraction of sp³-hybridized carbons (Fsp3) is 0.522. The van der Waals surface area contributed by atoms with Crippen molar-refractivity contribution in [2.75, 3.05) is 45.5 Å². The average Bonchev–Trinajstić information content (AvgIpc) is 3.20. The summed E-state index contributed by atoms with van der Waals surface area (Å²) in [5.41, 5.74) is 9.30. The van der Waals surface area contributed by atoms with Crippen molar-refractivity contribution in [1.82, 2.24) is 20.4 Å². The van der Waals surface area contributed by atoms with Gasteiger partial charge in [-0.05, 0) is 55.6 Å². The van der Waals surface area contributed by atoms with Gasteiger partial charge in [-0.1, -0.05) is 12.1 Å². The zero-order chi connectivity index (χ0) is 22.8. The van der Waals surface area contributed by atoms with Gasteiger partial charge in [0, 0.05) is 49.7 Å². The molecule has 0 aliphatic carbocycles. The predicted molar refractivity (Wildman–Crippen MR) is 121 cm³/mol. The molecule has 1 atom stereocenters. The maximum Gasteiger partial charge on any atom is 0.405 e. The number of alkyl halides is 3. The molecule has 2 fully saturated rings. The van der Waals surface area contributed by atoms with E-state index >= 15 is 0 Å². The van der Waals surface area contributed by atoms with E-state index in [4.69, 9.17) is 10.7 Å². The lowest BCUT2D eigenvalue weighted by atomic mass is 9.78. The Morgan fingerprint density at radius 1 is 1.22 bits per heavy atom. The van der Waals surface area contributed by atoms with Crippen molar-refractivity contribution in [1.29, 1.82) is 0 Å². The van der Waals surface area contributed by atoms with Gasteiger partial charge in [0.25, 0.3) is 0 Å². The zero-order valence-corrected chi connectivity index (χ0v) is 18.3. The Labute approximate surface area is 187 Å². The first kappa shape index (κ1) is 22.7. The lowest BCUT2D eigenvalue weighted by molar-refractivity contribution is -0.122. The van der Waals surface area contributed by atoms with E-state index in [9.17, 15) is 13.2 Å². The second-order valence-corrected chi connectivity index (χ2v) is 8.99. The second kappa shape index (κ2) is 9.15. The molecule has 3 heterocycles. The highest BCUT2D eigenvalue weighted by Gasteiger charge is 2.39. The van der Waals surface area contributed by atoms with Crippen LogP contribution in [0, 0.1) is 5.41 Å². The molecule has 1 aromatic rings. The third-order valence-electron chi connectivity index (χ3n) is 6.61. The molecule has 1 spiro atoms. The number of anilines is 1. The molecule has 0 amide bonds. The number of hydrogen-bond acceptors (Lipinski definition) is 6. The number of aliphatic imine (C=N–C) groups is 1. The molecule has 32 heavy (non-hydrogen) atoms. The van der Waals surface area contributed by atoms with E-state index in [-0.39, 0.29) is 6.29 Å². The summed E-state index contributed by atoms with van der Waals surface area (Å²) in [7, 11) is 1.96. The van der Waals surface area contributed by atoms with Crippen molar-refractivity contribution in [2.24, 2.45) is 10.4 Å². The van der Waals surface area contributed by atoms with E-state index in [0.717, 1.165) is 55.9 Å². The summed E-state index contributed by atoms with van der Waals surface area (Å²) in [6.45, 7) is 3.07. The SMILES string of the molecule is CN1C=C(/C=C/NCC(F)(F)F)C(c2ccc(N)cc2)=NC1N1CCC2(CCNC2)CC1. The van der Waals surface area contributed by atoms with Gasteiger partial charge in [-0.25, -0.2) is 4.99 Å². The van der Waals surface area contributed by atoms with Crippen LogP contribution in [0.4, 0.5) is 18.9 Å². The van der Waals surface area contributed by atoms with Crippen molar-refractivity contribution in [2.45, 2.75) is 31.7 Å². The minimum atomic E-state index is -4.26. The number of rotatable bonds is 5. The van der Waals surface area contributed by atoms with Crippen LogP contribution in [0.25, 0.3) is 0 Å². The summed E-state index contributed by atoms with van der Waals surface area (Å²) < 4.78 is 37.4. The number of hydrogen-bond donors (Lipinski definition) is 3. The van der Waals surface area contributed by atoms with Crippen molar-refractivity contribution < 1.29 is 13.2 Å². The van der Waals surface area contributed by atoms with Crippen LogP contribution in [0.15, 0.2) is 53.3 Å². The quantitative estimate of drug-likeness (QED) is 0.605. The number of allylic oxidation sites excluding steroid dienone is 2. The van der Waals surface area contributed by atoms with E-state index in [1.165, 1.54) is 12.6 Å². The number of nitrogens with one attached hydrogen (secondary N) is 2. The first-order valence-corrected chi connectivity index (χ1v) is 11.0. The number of piperidine rings is 1.